The zero-order chi connectivity index (χ0) is 16.8. The fourth-order valence-corrected chi connectivity index (χ4v) is 2.00. The van der Waals surface area contributed by atoms with E-state index in [1.165, 1.54) is 0 Å². The lowest BCUT2D eigenvalue weighted by molar-refractivity contribution is -0.116. The molecule has 6 nitrogen and oxygen atoms in total. The SMILES string of the molecule is COc1ccc(NC(=O)C(C)Nc2cccc(C(N)=O)c2)cc1. The molecule has 1 atom stereocenters. The van der Waals surface area contributed by atoms with Crippen LogP contribution in [0, 0.1) is 0 Å². The summed E-state index contributed by atoms with van der Waals surface area (Å²) in [4.78, 5) is 23.4. The minimum Gasteiger partial charge on any atom is -0.497 e. The summed E-state index contributed by atoms with van der Waals surface area (Å²) in [6, 6.07) is 13.3. The van der Waals surface area contributed by atoms with E-state index >= 15 is 0 Å². The van der Waals surface area contributed by atoms with E-state index in [-0.39, 0.29) is 5.91 Å². The summed E-state index contributed by atoms with van der Waals surface area (Å²) in [6.45, 7) is 1.73. The Labute approximate surface area is 134 Å². The molecular formula is C17H19N3O3. The van der Waals surface area contributed by atoms with Gasteiger partial charge in [-0.1, -0.05) is 6.07 Å². The van der Waals surface area contributed by atoms with E-state index in [1.54, 1.807) is 62.6 Å². The molecule has 0 spiro atoms. The number of carbonyl (C=O) groups is 2. The van der Waals surface area contributed by atoms with Gasteiger partial charge in [0, 0.05) is 16.9 Å². The number of anilines is 2. The number of hydrogen-bond donors (Lipinski definition) is 3. The minimum atomic E-state index is -0.510. The van der Waals surface area contributed by atoms with Crippen LogP contribution in [0.4, 0.5) is 11.4 Å². The first-order valence-electron chi connectivity index (χ1n) is 7.11. The molecule has 2 aromatic carbocycles. The van der Waals surface area contributed by atoms with Crippen LogP contribution in [0.15, 0.2) is 48.5 Å². The zero-order valence-electron chi connectivity index (χ0n) is 13.0. The highest BCUT2D eigenvalue weighted by Crippen LogP contribution is 2.16. The minimum absolute atomic E-state index is 0.195. The maximum Gasteiger partial charge on any atom is 0.248 e. The molecule has 120 valence electrons. The van der Waals surface area contributed by atoms with Crippen molar-refractivity contribution in [2.45, 2.75) is 13.0 Å². The summed E-state index contributed by atoms with van der Waals surface area (Å²) in [5.41, 5.74) is 6.96. The highest BCUT2D eigenvalue weighted by atomic mass is 16.5. The van der Waals surface area contributed by atoms with Gasteiger partial charge in [0.15, 0.2) is 0 Å². The molecule has 0 aliphatic rings. The Kier molecular flexibility index (Phi) is 5.19. The molecule has 0 aromatic heterocycles. The molecule has 2 rings (SSSR count). The van der Waals surface area contributed by atoms with Crippen LogP contribution in [-0.4, -0.2) is 25.0 Å². The molecule has 0 saturated heterocycles. The van der Waals surface area contributed by atoms with E-state index in [0.717, 1.165) is 5.75 Å². The standard InChI is InChI=1S/C17H19N3O3/c1-11(19-14-5-3-4-12(10-14)16(18)21)17(22)20-13-6-8-15(23-2)9-7-13/h3-11,19H,1-2H3,(H2,18,21)(H,20,22). The van der Waals surface area contributed by atoms with Gasteiger partial charge in [-0.05, 0) is 49.4 Å². The van der Waals surface area contributed by atoms with Crippen molar-refractivity contribution in [2.75, 3.05) is 17.7 Å². The molecule has 4 N–H and O–H groups in total. The van der Waals surface area contributed by atoms with Gasteiger partial charge in [0.05, 0.1) is 7.11 Å². The monoisotopic (exact) mass is 313 g/mol. The van der Waals surface area contributed by atoms with Crippen molar-refractivity contribution < 1.29 is 14.3 Å². The lowest BCUT2D eigenvalue weighted by atomic mass is 10.1. The molecule has 0 radical (unpaired) electrons. The molecule has 0 saturated carbocycles. The van der Waals surface area contributed by atoms with Gasteiger partial charge in [-0.3, -0.25) is 9.59 Å². The summed E-state index contributed by atoms with van der Waals surface area (Å²) in [7, 11) is 1.58. The summed E-state index contributed by atoms with van der Waals surface area (Å²) in [6.07, 6.45) is 0. The molecule has 0 aliphatic carbocycles. The van der Waals surface area contributed by atoms with Crippen molar-refractivity contribution in [1.29, 1.82) is 0 Å². The zero-order valence-corrected chi connectivity index (χ0v) is 13.0. The van der Waals surface area contributed by atoms with Crippen molar-refractivity contribution >= 4 is 23.2 Å². The molecule has 2 aromatic rings. The van der Waals surface area contributed by atoms with Crippen LogP contribution >= 0.6 is 0 Å². The van der Waals surface area contributed by atoms with Crippen molar-refractivity contribution in [2.24, 2.45) is 5.73 Å². The number of benzene rings is 2. The lowest BCUT2D eigenvalue weighted by Crippen LogP contribution is -2.31. The molecule has 0 fully saturated rings. The van der Waals surface area contributed by atoms with Crippen molar-refractivity contribution in [3.63, 3.8) is 0 Å². The molecule has 0 heterocycles. The normalized spacial score (nSPS) is 11.4. The van der Waals surface area contributed by atoms with E-state index in [2.05, 4.69) is 10.6 Å². The second kappa shape index (κ2) is 7.31. The smallest absolute Gasteiger partial charge is 0.248 e. The van der Waals surface area contributed by atoms with Gasteiger partial charge < -0.3 is 21.1 Å². The number of rotatable bonds is 6. The summed E-state index contributed by atoms with van der Waals surface area (Å²) < 4.78 is 5.07. The third-order valence-electron chi connectivity index (χ3n) is 3.28. The Hall–Kier alpha value is -3.02. The number of primary amides is 1. The van der Waals surface area contributed by atoms with Crippen LogP contribution in [0.1, 0.15) is 17.3 Å². The largest absolute Gasteiger partial charge is 0.497 e. The van der Waals surface area contributed by atoms with E-state index < -0.39 is 11.9 Å². The third-order valence-corrected chi connectivity index (χ3v) is 3.28. The predicted molar refractivity (Wildman–Crippen MR) is 89.7 cm³/mol. The lowest BCUT2D eigenvalue weighted by Gasteiger charge is -2.16. The highest BCUT2D eigenvalue weighted by Gasteiger charge is 2.13. The van der Waals surface area contributed by atoms with Crippen molar-refractivity contribution in [3.05, 3.63) is 54.1 Å². The second-order valence-electron chi connectivity index (χ2n) is 5.03. The van der Waals surface area contributed by atoms with Crippen LogP contribution < -0.4 is 21.1 Å². The number of nitrogens with one attached hydrogen (secondary N) is 2. The molecular weight excluding hydrogens is 294 g/mol. The highest BCUT2D eigenvalue weighted by molar-refractivity contribution is 5.97. The van der Waals surface area contributed by atoms with E-state index in [1.807, 2.05) is 0 Å². The molecule has 6 heteroatoms. The quantitative estimate of drug-likeness (QED) is 0.762. The average Bonchev–Trinajstić information content (AvgIpc) is 2.55. The van der Waals surface area contributed by atoms with Gasteiger partial charge >= 0.3 is 0 Å². The first-order valence-corrected chi connectivity index (χ1v) is 7.11. The number of methoxy groups -OCH3 is 1. The van der Waals surface area contributed by atoms with Crippen LogP contribution in [0.25, 0.3) is 0 Å². The van der Waals surface area contributed by atoms with Crippen molar-refractivity contribution in [1.82, 2.24) is 0 Å². The van der Waals surface area contributed by atoms with Gasteiger partial charge in [-0.15, -0.1) is 0 Å². The van der Waals surface area contributed by atoms with Crippen LogP contribution in [0.5, 0.6) is 5.75 Å². The Morgan fingerprint density at radius 3 is 2.39 bits per heavy atom. The van der Waals surface area contributed by atoms with Crippen LogP contribution in [0.2, 0.25) is 0 Å². The van der Waals surface area contributed by atoms with Crippen molar-refractivity contribution in [3.8, 4) is 5.75 Å². The molecule has 23 heavy (non-hydrogen) atoms. The summed E-state index contributed by atoms with van der Waals surface area (Å²) in [5.74, 6) is 0.0149. The second-order valence-corrected chi connectivity index (χ2v) is 5.03. The number of ether oxygens (including phenoxy) is 1. The average molecular weight is 313 g/mol. The third kappa shape index (κ3) is 4.47. The van der Waals surface area contributed by atoms with Gasteiger partial charge in [-0.25, -0.2) is 0 Å². The van der Waals surface area contributed by atoms with Gasteiger partial charge in [-0.2, -0.15) is 0 Å². The molecule has 0 bridgehead atoms. The number of carbonyl (C=O) groups excluding carboxylic acids is 2. The Morgan fingerprint density at radius 2 is 1.78 bits per heavy atom. The van der Waals surface area contributed by atoms with Gasteiger partial charge in [0.1, 0.15) is 11.8 Å². The Bertz CT molecular complexity index is 698. The van der Waals surface area contributed by atoms with E-state index in [4.69, 9.17) is 10.5 Å². The maximum atomic E-state index is 12.2. The Balaban J connectivity index is 1.99. The Morgan fingerprint density at radius 1 is 1.09 bits per heavy atom. The van der Waals surface area contributed by atoms with Crippen LogP contribution in [-0.2, 0) is 4.79 Å². The fourth-order valence-electron chi connectivity index (χ4n) is 2.00. The summed E-state index contributed by atoms with van der Waals surface area (Å²) in [5, 5.41) is 5.84. The predicted octanol–water partition coefficient (Wildman–Crippen LogP) is 2.23. The molecule has 1 unspecified atom stereocenters. The molecule has 0 aliphatic heterocycles. The fraction of sp³-hybridized carbons (Fsp3) is 0.176. The number of nitrogens with two attached hydrogens (primary N) is 1. The maximum absolute atomic E-state index is 12.2. The molecule has 2 amide bonds. The van der Waals surface area contributed by atoms with Gasteiger partial charge in [0.25, 0.3) is 0 Å². The van der Waals surface area contributed by atoms with E-state index in [0.29, 0.717) is 16.9 Å². The topological polar surface area (TPSA) is 93.4 Å². The van der Waals surface area contributed by atoms with Crippen LogP contribution in [0.3, 0.4) is 0 Å². The number of amides is 2. The van der Waals surface area contributed by atoms with Gasteiger partial charge in [0.2, 0.25) is 11.8 Å². The summed E-state index contributed by atoms with van der Waals surface area (Å²) >= 11 is 0. The number of hydrogen-bond acceptors (Lipinski definition) is 4. The van der Waals surface area contributed by atoms with E-state index in [9.17, 15) is 9.59 Å². The first kappa shape index (κ1) is 16.4. The first-order chi connectivity index (χ1) is 11.0.